The molecule has 0 aromatic carbocycles. The Bertz CT molecular complexity index is 531. The second kappa shape index (κ2) is 5.53. The smallest absolute Gasteiger partial charge is 0.272 e. The zero-order valence-corrected chi connectivity index (χ0v) is 11.5. The molecule has 2 aromatic heterocycles. The molecule has 2 aromatic rings. The van der Waals surface area contributed by atoms with Crippen LogP contribution in [-0.2, 0) is 0 Å². The van der Waals surface area contributed by atoms with Crippen LogP contribution in [0.5, 0.6) is 0 Å². The molecular weight excluding hydrogens is 256 g/mol. The van der Waals surface area contributed by atoms with E-state index in [1.54, 1.807) is 23.6 Å². The molecule has 3 heterocycles. The van der Waals surface area contributed by atoms with Gasteiger partial charge in [-0.15, -0.1) is 0 Å². The Hall–Kier alpha value is -1.68. The molecule has 0 radical (unpaired) electrons. The summed E-state index contributed by atoms with van der Waals surface area (Å²) < 4.78 is 0. The van der Waals surface area contributed by atoms with Crippen molar-refractivity contribution >= 4 is 17.2 Å². The van der Waals surface area contributed by atoms with E-state index in [1.807, 2.05) is 17.0 Å². The number of hydrogen-bond donors (Lipinski definition) is 0. The van der Waals surface area contributed by atoms with Gasteiger partial charge in [-0.25, -0.2) is 0 Å². The molecule has 0 aliphatic carbocycles. The summed E-state index contributed by atoms with van der Waals surface area (Å²) in [5, 5.41) is 4.35. The topological polar surface area (TPSA) is 33.2 Å². The first-order valence-corrected chi connectivity index (χ1v) is 7.51. The number of nitrogens with zero attached hydrogens (tertiary/aromatic N) is 2. The summed E-state index contributed by atoms with van der Waals surface area (Å²) in [4.78, 5) is 18.3. The average molecular weight is 272 g/mol. The Morgan fingerprint density at radius 2 is 2.11 bits per heavy atom. The molecule has 0 atom stereocenters. The molecule has 1 saturated heterocycles. The normalized spacial score (nSPS) is 16.5. The molecule has 19 heavy (non-hydrogen) atoms. The summed E-state index contributed by atoms with van der Waals surface area (Å²) in [7, 11) is 0. The van der Waals surface area contributed by atoms with Gasteiger partial charge in [0.2, 0.25) is 0 Å². The number of hydrogen-bond acceptors (Lipinski definition) is 3. The maximum atomic E-state index is 12.3. The highest BCUT2D eigenvalue weighted by Gasteiger charge is 2.25. The Kier molecular flexibility index (Phi) is 3.60. The van der Waals surface area contributed by atoms with Crippen molar-refractivity contribution in [2.24, 2.45) is 0 Å². The summed E-state index contributed by atoms with van der Waals surface area (Å²) in [5.74, 6) is 0.670. The summed E-state index contributed by atoms with van der Waals surface area (Å²) in [6.07, 6.45) is 3.77. The number of aromatic nitrogens is 1. The molecule has 0 bridgehead atoms. The van der Waals surface area contributed by atoms with Crippen molar-refractivity contribution in [3.63, 3.8) is 0 Å². The van der Waals surface area contributed by atoms with Crippen LogP contribution in [0.25, 0.3) is 0 Å². The van der Waals surface area contributed by atoms with E-state index in [2.05, 4.69) is 21.8 Å². The second-order valence-electron chi connectivity index (χ2n) is 4.84. The van der Waals surface area contributed by atoms with Crippen LogP contribution in [0.1, 0.15) is 34.8 Å². The van der Waals surface area contributed by atoms with Gasteiger partial charge in [0.05, 0.1) is 0 Å². The van der Waals surface area contributed by atoms with Gasteiger partial charge in [0.1, 0.15) is 5.69 Å². The van der Waals surface area contributed by atoms with Crippen molar-refractivity contribution in [1.29, 1.82) is 0 Å². The van der Waals surface area contributed by atoms with Crippen LogP contribution in [0.2, 0.25) is 0 Å². The molecule has 98 valence electrons. The highest BCUT2D eigenvalue weighted by Crippen LogP contribution is 2.29. The van der Waals surface area contributed by atoms with E-state index in [4.69, 9.17) is 0 Å². The van der Waals surface area contributed by atoms with E-state index >= 15 is 0 Å². The third-order valence-corrected chi connectivity index (χ3v) is 4.38. The van der Waals surface area contributed by atoms with Gasteiger partial charge in [-0.2, -0.15) is 11.3 Å². The second-order valence-corrected chi connectivity index (χ2v) is 5.62. The SMILES string of the molecule is O=C(c1ccccn1)N1CCC(c2ccsc2)CC1. The van der Waals surface area contributed by atoms with Gasteiger partial charge < -0.3 is 4.90 Å². The molecule has 0 N–H and O–H groups in total. The summed E-state index contributed by atoms with van der Waals surface area (Å²) in [6, 6.07) is 7.68. The molecule has 1 amide bonds. The molecule has 1 aliphatic rings. The first kappa shape index (κ1) is 12.4. The lowest BCUT2D eigenvalue weighted by atomic mass is 9.91. The minimum Gasteiger partial charge on any atom is -0.337 e. The molecule has 3 rings (SSSR count). The maximum Gasteiger partial charge on any atom is 0.272 e. The lowest BCUT2D eigenvalue weighted by Gasteiger charge is -2.31. The summed E-state index contributed by atoms with van der Waals surface area (Å²) >= 11 is 1.75. The number of amides is 1. The molecule has 0 spiro atoms. The number of likely N-dealkylation sites (tertiary alicyclic amines) is 1. The van der Waals surface area contributed by atoms with Crippen LogP contribution in [-0.4, -0.2) is 28.9 Å². The molecule has 3 nitrogen and oxygen atoms in total. The van der Waals surface area contributed by atoms with Gasteiger partial charge in [0, 0.05) is 19.3 Å². The van der Waals surface area contributed by atoms with E-state index in [0.29, 0.717) is 11.6 Å². The fourth-order valence-corrected chi connectivity index (χ4v) is 3.32. The Labute approximate surface area is 116 Å². The lowest BCUT2D eigenvalue weighted by molar-refractivity contribution is 0.0707. The number of piperidine rings is 1. The fourth-order valence-electron chi connectivity index (χ4n) is 2.57. The first-order valence-electron chi connectivity index (χ1n) is 6.57. The first-order chi connectivity index (χ1) is 9.34. The quantitative estimate of drug-likeness (QED) is 0.841. The van der Waals surface area contributed by atoms with Gasteiger partial charge in [-0.1, -0.05) is 6.07 Å². The van der Waals surface area contributed by atoms with Crippen LogP contribution < -0.4 is 0 Å². The molecule has 4 heteroatoms. The molecular formula is C15H16N2OS. The van der Waals surface area contributed by atoms with E-state index in [0.717, 1.165) is 25.9 Å². The molecule has 1 aliphatic heterocycles. The van der Waals surface area contributed by atoms with E-state index in [-0.39, 0.29) is 5.91 Å². The lowest BCUT2D eigenvalue weighted by Crippen LogP contribution is -2.38. The minimum atomic E-state index is 0.0596. The molecule has 0 saturated carbocycles. The molecule has 1 fully saturated rings. The van der Waals surface area contributed by atoms with Crippen molar-refractivity contribution < 1.29 is 4.79 Å². The van der Waals surface area contributed by atoms with Crippen LogP contribution in [0.3, 0.4) is 0 Å². The van der Waals surface area contributed by atoms with E-state index < -0.39 is 0 Å². The van der Waals surface area contributed by atoms with Gasteiger partial charge in [0.25, 0.3) is 5.91 Å². The van der Waals surface area contributed by atoms with Gasteiger partial charge in [-0.05, 0) is 53.3 Å². The predicted octanol–water partition coefficient (Wildman–Crippen LogP) is 3.16. The number of carbonyl (C=O) groups is 1. The highest BCUT2D eigenvalue weighted by atomic mass is 32.1. The van der Waals surface area contributed by atoms with Crippen molar-refractivity contribution in [3.8, 4) is 0 Å². The largest absolute Gasteiger partial charge is 0.337 e. The average Bonchev–Trinajstić information content (AvgIpc) is 3.02. The van der Waals surface area contributed by atoms with Crippen LogP contribution in [0, 0.1) is 0 Å². The maximum absolute atomic E-state index is 12.3. The number of thiophene rings is 1. The van der Waals surface area contributed by atoms with E-state index in [9.17, 15) is 4.79 Å². The Morgan fingerprint density at radius 1 is 1.26 bits per heavy atom. The standard InChI is InChI=1S/C15H16N2OS/c18-15(14-3-1-2-7-16-14)17-8-4-12(5-9-17)13-6-10-19-11-13/h1-3,6-7,10-12H,4-5,8-9H2. The highest BCUT2D eigenvalue weighted by molar-refractivity contribution is 7.07. The van der Waals surface area contributed by atoms with Gasteiger partial charge in [-0.3, -0.25) is 9.78 Å². The van der Waals surface area contributed by atoms with Crippen LogP contribution >= 0.6 is 11.3 Å². The van der Waals surface area contributed by atoms with Crippen LogP contribution in [0.15, 0.2) is 41.2 Å². The summed E-state index contributed by atoms with van der Waals surface area (Å²) in [6.45, 7) is 1.66. The summed E-state index contributed by atoms with van der Waals surface area (Å²) in [5.41, 5.74) is 1.98. The zero-order valence-electron chi connectivity index (χ0n) is 10.7. The minimum absolute atomic E-state index is 0.0596. The number of pyridine rings is 1. The van der Waals surface area contributed by atoms with Gasteiger partial charge >= 0.3 is 0 Å². The Balaban J connectivity index is 1.63. The van der Waals surface area contributed by atoms with Crippen molar-refractivity contribution in [2.75, 3.05) is 13.1 Å². The van der Waals surface area contributed by atoms with E-state index in [1.165, 1.54) is 5.56 Å². The van der Waals surface area contributed by atoms with Crippen molar-refractivity contribution in [3.05, 3.63) is 52.5 Å². The number of carbonyl (C=O) groups excluding carboxylic acids is 1. The zero-order chi connectivity index (χ0) is 13.1. The third-order valence-electron chi connectivity index (χ3n) is 3.68. The predicted molar refractivity (Wildman–Crippen MR) is 76.4 cm³/mol. The van der Waals surface area contributed by atoms with Crippen molar-refractivity contribution in [2.45, 2.75) is 18.8 Å². The number of rotatable bonds is 2. The third kappa shape index (κ3) is 2.68. The Morgan fingerprint density at radius 3 is 2.74 bits per heavy atom. The monoisotopic (exact) mass is 272 g/mol. The van der Waals surface area contributed by atoms with Crippen molar-refractivity contribution in [1.82, 2.24) is 9.88 Å². The fraction of sp³-hybridized carbons (Fsp3) is 0.333. The molecule has 0 unspecified atom stereocenters. The van der Waals surface area contributed by atoms with Crippen LogP contribution in [0.4, 0.5) is 0 Å². The van der Waals surface area contributed by atoms with Gasteiger partial charge in [0.15, 0.2) is 0 Å².